The molecule has 0 bridgehead atoms. The lowest BCUT2D eigenvalue weighted by Gasteiger charge is -2.06. The second kappa shape index (κ2) is 6.91. The van der Waals surface area contributed by atoms with Crippen molar-refractivity contribution in [1.82, 2.24) is 21.0 Å². The van der Waals surface area contributed by atoms with Crippen LogP contribution in [0.25, 0.3) is 11.3 Å². The van der Waals surface area contributed by atoms with Gasteiger partial charge >= 0.3 is 0 Å². The van der Waals surface area contributed by atoms with Gasteiger partial charge in [0, 0.05) is 11.1 Å². The Labute approximate surface area is 140 Å². The highest BCUT2D eigenvalue weighted by atomic mass is 19.2. The van der Waals surface area contributed by atoms with Crippen LogP contribution >= 0.6 is 0 Å². The number of carbonyl (C=O) groups is 2. The molecule has 6 nitrogen and oxygen atoms in total. The maximum atomic E-state index is 13.1. The molecule has 0 radical (unpaired) electrons. The predicted octanol–water partition coefficient (Wildman–Crippen LogP) is 2.43. The molecule has 0 aliphatic rings. The van der Waals surface area contributed by atoms with E-state index in [1.165, 1.54) is 6.07 Å². The van der Waals surface area contributed by atoms with Crippen LogP contribution in [-0.2, 0) is 0 Å². The van der Waals surface area contributed by atoms with Crippen LogP contribution in [-0.4, -0.2) is 22.0 Å². The summed E-state index contributed by atoms with van der Waals surface area (Å²) in [5, 5.41) is 6.59. The first kappa shape index (κ1) is 16.3. The lowest BCUT2D eigenvalue weighted by molar-refractivity contribution is 0.0843. The minimum Gasteiger partial charge on any atom is -0.272 e. The second-order valence-electron chi connectivity index (χ2n) is 5.07. The fraction of sp³-hybridized carbons (Fsp3) is 0. The minimum atomic E-state index is -1.15. The number of rotatable bonds is 3. The number of carbonyl (C=O) groups excluding carboxylic acids is 2. The number of hydrazine groups is 1. The van der Waals surface area contributed by atoms with Crippen LogP contribution < -0.4 is 10.9 Å². The summed E-state index contributed by atoms with van der Waals surface area (Å²) in [4.78, 5) is 23.8. The number of hydrogen-bond donors (Lipinski definition) is 3. The van der Waals surface area contributed by atoms with Gasteiger partial charge in [0.25, 0.3) is 11.8 Å². The van der Waals surface area contributed by atoms with Gasteiger partial charge in [0.1, 0.15) is 5.69 Å². The van der Waals surface area contributed by atoms with Gasteiger partial charge in [-0.3, -0.25) is 25.5 Å². The molecular formula is C17H12F2N4O2. The normalized spacial score (nSPS) is 10.3. The van der Waals surface area contributed by atoms with Gasteiger partial charge in [-0.05, 0) is 24.3 Å². The summed E-state index contributed by atoms with van der Waals surface area (Å²) in [5.74, 6) is -3.63. The number of nitrogens with one attached hydrogen (secondary N) is 3. The molecule has 2 aromatic carbocycles. The molecule has 3 rings (SSSR count). The number of hydrogen-bond acceptors (Lipinski definition) is 3. The van der Waals surface area contributed by atoms with Crippen LogP contribution in [0.15, 0.2) is 54.6 Å². The molecule has 0 unspecified atom stereocenters. The summed E-state index contributed by atoms with van der Waals surface area (Å²) in [7, 11) is 0. The number of aromatic nitrogens is 2. The van der Waals surface area contributed by atoms with E-state index >= 15 is 0 Å². The van der Waals surface area contributed by atoms with Crippen molar-refractivity contribution in [3.8, 4) is 11.3 Å². The lowest BCUT2D eigenvalue weighted by atomic mass is 10.1. The Kier molecular flexibility index (Phi) is 4.51. The summed E-state index contributed by atoms with van der Waals surface area (Å²) >= 11 is 0. The number of halogens is 2. The molecule has 25 heavy (non-hydrogen) atoms. The number of benzene rings is 2. The molecule has 0 saturated carbocycles. The Balaban J connectivity index is 1.64. The molecule has 2 amide bonds. The maximum Gasteiger partial charge on any atom is 0.287 e. The monoisotopic (exact) mass is 342 g/mol. The second-order valence-corrected chi connectivity index (χ2v) is 5.07. The third kappa shape index (κ3) is 3.69. The fourth-order valence-corrected chi connectivity index (χ4v) is 2.09. The smallest absolute Gasteiger partial charge is 0.272 e. The average Bonchev–Trinajstić information content (AvgIpc) is 3.12. The molecular weight excluding hydrogens is 330 g/mol. The van der Waals surface area contributed by atoms with Crippen molar-refractivity contribution in [3.63, 3.8) is 0 Å². The van der Waals surface area contributed by atoms with E-state index in [0.717, 1.165) is 23.8 Å². The number of H-pyrrole nitrogens is 1. The molecule has 1 aromatic heterocycles. The SMILES string of the molecule is O=C(NNC(=O)c1cc(-c2ccccc2)n[nH]1)c1ccc(F)c(F)c1. The molecule has 0 saturated heterocycles. The van der Waals surface area contributed by atoms with Crippen molar-refractivity contribution in [2.24, 2.45) is 0 Å². The summed E-state index contributed by atoms with van der Waals surface area (Å²) in [5.41, 5.74) is 5.68. The Morgan fingerprint density at radius 3 is 2.32 bits per heavy atom. The summed E-state index contributed by atoms with van der Waals surface area (Å²) in [6.07, 6.45) is 0. The number of nitrogens with zero attached hydrogens (tertiary/aromatic N) is 1. The summed E-state index contributed by atoms with van der Waals surface area (Å²) < 4.78 is 26.0. The van der Waals surface area contributed by atoms with Gasteiger partial charge in [-0.1, -0.05) is 30.3 Å². The Bertz CT molecular complexity index is 925. The number of aromatic amines is 1. The van der Waals surface area contributed by atoms with Crippen LogP contribution in [0.4, 0.5) is 8.78 Å². The molecule has 0 spiro atoms. The Morgan fingerprint density at radius 2 is 1.60 bits per heavy atom. The molecule has 3 N–H and O–H groups in total. The third-order valence-corrected chi connectivity index (χ3v) is 3.36. The van der Waals surface area contributed by atoms with E-state index in [-0.39, 0.29) is 11.3 Å². The van der Waals surface area contributed by atoms with Crippen LogP contribution in [0, 0.1) is 11.6 Å². The van der Waals surface area contributed by atoms with Gasteiger partial charge < -0.3 is 0 Å². The van der Waals surface area contributed by atoms with E-state index in [4.69, 9.17) is 0 Å². The van der Waals surface area contributed by atoms with Crippen molar-refractivity contribution < 1.29 is 18.4 Å². The average molecular weight is 342 g/mol. The highest BCUT2D eigenvalue weighted by molar-refractivity contribution is 5.98. The highest BCUT2D eigenvalue weighted by Gasteiger charge is 2.14. The third-order valence-electron chi connectivity index (χ3n) is 3.36. The fourth-order valence-electron chi connectivity index (χ4n) is 2.09. The molecule has 8 heteroatoms. The predicted molar refractivity (Wildman–Crippen MR) is 85.3 cm³/mol. The quantitative estimate of drug-likeness (QED) is 0.639. The topological polar surface area (TPSA) is 86.9 Å². The maximum absolute atomic E-state index is 13.1. The van der Waals surface area contributed by atoms with E-state index in [1.807, 2.05) is 30.3 Å². The van der Waals surface area contributed by atoms with Gasteiger partial charge in [0.2, 0.25) is 0 Å². The highest BCUT2D eigenvalue weighted by Crippen LogP contribution is 2.16. The Hall–Kier alpha value is -3.55. The van der Waals surface area contributed by atoms with Crippen LogP contribution in [0.1, 0.15) is 20.8 Å². The van der Waals surface area contributed by atoms with E-state index < -0.39 is 23.4 Å². The van der Waals surface area contributed by atoms with E-state index in [0.29, 0.717) is 5.69 Å². The molecule has 0 aliphatic carbocycles. The molecule has 0 atom stereocenters. The van der Waals surface area contributed by atoms with Crippen molar-refractivity contribution in [2.45, 2.75) is 0 Å². The van der Waals surface area contributed by atoms with Crippen molar-refractivity contribution in [1.29, 1.82) is 0 Å². The van der Waals surface area contributed by atoms with Gasteiger partial charge in [0.15, 0.2) is 11.6 Å². The zero-order valence-electron chi connectivity index (χ0n) is 12.7. The van der Waals surface area contributed by atoms with Crippen molar-refractivity contribution >= 4 is 11.8 Å². The zero-order chi connectivity index (χ0) is 17.8. The molecule has 0 aliphatic heterocycles. The van der Waals surface area contributed by atoms with Crippen LogP contribution in [0.2, 0.25) is 0 Å². The number of amides is 2. The van der Waals surface area contributed by atoms with Gasteiger partial charge in [-0.15, -0.1) is 0 Å². The van der Waals surface area contributed by atoms with Gasteiger partial charge in [-0.25, -0.2) is 8.78 Å². The van der Waals surface area contributed by atoms with E-state index in [1.54, 1.807) is 0 Å². The molecule has 126 valence electrons. The zero-order valence-corrected chi connectivity index (χ0v) is 12.7. The molecule has 0 fully saturated rings. The van der Waals surface area contributed by atoms with E-state index in [9.17, 15) is 18.4 Å². The van der Waals surface area contributed by atoms with E-state index in [2.05, 4.69) is 21.0 Å². The summed E-state index contributed by atoms with van der Waals surface area (Å²) in [6, 6.07) is 13.4. The largest absolute Gasteiger partial charge is 0.287 e. The van der Waals surface area contributed by atoms with Crippen molar-refractivity contribution in [2.75, 3.05) is 0 Å². The standard InChI is InChI=1S/C17H12F2N4O2/c18-12-7-6-11(8-13(12)19)16(24)22-23-17(25)15-9-14(20-21-15)10-4-2-1-3-5-10/h1-9H,(H,20,21)(H,22,24)(H,23,25). The first-order valence-electron chi connectivity index (χ1n) is 7.21. The van der Waals surface area contributed by atoms with Gasteiger partial charge in [0.05, 0.1) is 5.69 Å². The van der Waals surface area contributed by atoms with Gasteiger partial charge in [-0.2, -0.15) is 5.10 Å². The lowest BCUT2D eigenvalue weighted by Crippen LogP contribution is -2.41. The van der Waals surface area contributed by atoms with Crippen molar-refractivity contribution in [3.05, 3.63) is 77.5 Å². The van der Waals surface area contributed by atoms with Crippen LogP contribution in [0.5, 0.6) is 0 Å². The Morgan fingerprint density at radius 1 is 0.880 bits per heavy atom. The first-order valence-corrected chi connectivity index (χ1v) is 7.21. The molecule has 1 heterocycles. The first-order chi connectivity index (χ1) is 12.0. The van der Waals surface area contributed by atoms with Crippen LogP contribution in [0.3, 0.4) is 0 Å². The summed E-state index contributed by atoms with van der Waals surface area (Å²) in [6.45, 7) is 0. The molecule has 3 aromatic rings. The minimum absolute atomic E-state index is 0.129.